The van der Waals surface area contributed by atoms with Gasteiger partial charge in [0.1, 0.15) is 5.52 Å². The van der Waals surface area contributed by atoms with E-state index in [1.807, 2.05) is 59.5 Å². The van der Waals surface area contributed by atoms with Crippen LogP contribution in [-0.2, 0) is 4.79 Å². The number of rotatable bonds is 6. The number of carbonyl (C=O) groups is 1. The van der Waals surface area contributed by atoms with E-state index >= 15 is 0 Å². The highest BCUT2D eigenvalue weighted by atomic mass is 16.4. The Morgan fingerprint density at radius 2 is 1.82 bits per heavy atom. The van der Waals surface area contributed by atoms with Gasteiger partial charge in [-0.1, -0.05) is 43.7 Å². The molecule has 0 bridgehead atoms. The lowest BCUT2D eigenvalue weighted by Gasteiger charge is -2.33. The summed E-state index contributed by atoms with van der Waals surface area (Å²) in [5.41, 5.74) is 2.69. The number of anilines is 2. The maximum atomic E-state index is 13.3. The van der Waals surface area contributed by atoms with Crippen molar-refractivity contribution in [1.29, 1.82) is 0 Å². The second-order valence-corrected chi connectivity index (χ2v) is 7.40. The first-order chi connectivity index (χ1) is 13.8. The Bertz CT molecular complexity index is 881. The molecule has 2 aromatic carbocycles. The number of oxazole rings is 1. The van der Waals surface area contributed by atoms with Crippen LogP contribution in [0.25, 0.3) is 11.1 Å². The van der Waals surface area contributed by atoms with Crippen molar-refractivity contribution in [2.45, 2.75) is 32.6 Å². The SMILES string of the molecule is CCCCN(C(=O)C1CCN(c2nc3ccccc3o2)CC1)c1ccccc1. The van der Waals surface area contributed by atoms with Gasteiger partial charge < -0.3 is 14.2 Å². The van der Waals surface area contributed by atoms with E-state index < -0.39 is 0 Å². The van der Waals surface area contributed by atoms with E-state index in [9.17, 15) is 4.79 Å². The molecule has 4 rings (SSSR count). The molecule has 1 amide bonds. The Morgan fingerprint density at radius 3 is 2.54 bits per heavy atom. The summed E-state index contributed by atoms with van der Waals surface area (Å²) in [5.74, 6) is 0.301. The van der Waals surface area contributed by atoms with Crippen LogP contribution in [0.1, 0.15) is 32.6 Å². The minimum Gasteiger partial charge on any atom is -0.423 e. The molecule has 146 valence electrons. The van der Waals surface area contributed by atoms with Gasteiger partial charge in [0.15, 0.2) is 5.58 Å². The van der Waals surface area contributed by atoms with Crippen molar-refractivity contribution in [2.75, 3.05) is 29.4 Å². The fourth-order valence-corrected chi connectivity index (χ4v) is 3.82. The highest BCUT2D eigenvalue weighted by Gasteiger charge is 2.30. The highest BCUT2D eigenvalue weighted by Crippen LogP contribution is 2.28. The van der Waals surface area contributed by atoms with E-state index in [0.29, 0.717) is 6.01 Å². The van der Waals surface area contributed by atoms with Crippen molar-refractivity contribution in [3.63, 3.8) is 0 Å². The van der Waals surface area contributed by atoms with Crippen LogP contribution in [0.15, 0.2) is 59.0 Å². The number of piperidine rings is 1. The van der Waals surface area contributed by atoms with E-state index in [2.05, 4.69) is 16.8 Å². The van der Waals surface area contributed by atoms with Gasteiger partial charge in [-0.05, 0) is 43.5 Å². The first kappa shape index (κ1) is 18.5. The molecule has 28 heavy (non-hydrogen) atoms. The summed E-state index contributed by atoms with van der Waals surface area (Å²) in [6.45, 7) is 4.52. The van der Waals surface area contributed by atoms with Crippen molar-refractivity contribution >= 4 is 28.7 Å². The average Bonchev–Trinajstić information content (AvgIpc) is 3.19. The van der Waals surface area contributed by atoms with Crippen molar-refractivity contribution in [1.82, 2.24) is 4.98 Å². The third kappa shape index (κ3) is 3.88. The Labute approximate surface area is 166 Å². The third-order valence-electron chi connectivity index (χ3n) is 5.47. The van der Waals surface area contributed by atoms with Crippen molar-refractivity contribution < 1.29 is 9.21 Å². The molecule has 5 heteroatoms. The molecule has 0 atom stereocenters. The molecule has 0 spiro atoms. The van der Waals surface area contributed by atoms with Crippen molar-refractivity contribution in [3.8, 4) is 0 Å². The topological polar surface area (TPSA) is 49.6 Å². The Hall–Kier alpha value is -2.82. The lowest BCUT2D eigenvalue weighted by atomic mass is 9.95. The molecule has 0 aliphatic carbocycles. The lowest BCUT2D eigenvalue weighted by molar-refractivity contribution is -0.123. The molecule has 0 unspecified atom stereocenters. The van der Waals surface area contributed by atoms with E-state index in [1.165, 1.54) is 0 Å². The van der Waals surface area contributed by atoms with Crippen LogP contribution in [0.5, 0.6) is 0 Å². The molecule has 1 aliphatic heterocycles. The van der Waals surface area contributed by atoms with Crippen LogP contribution in [0.4, 0.5) is 11.7 Å². The van der Waals surface area contributed by atoms with Crippen LogP contribution >= 0.6 is 0 Å². The third-order valence-corrected chi connectivity index (χ3v) is 5.47. The van der Waals surface area contributed by atoms with Crippen LogP contribution in [-0.4, -0.2) is 30.5 Å². The predicted molar refractivity (Wildman–Crippen MR) is 113 cm³/mol. The molecule has 1 saturated heterocycles. The van der Waals surface area contributed by atoms with Crippen LogP contribution in [0.2, 0.25) is 0 Å². The molecular formula is C23H27N3O2. The van der Waals surface area contributed by atoms with Crippen LogP contribution < -0.4 is 9.80 Å². The number of hydrogen-bond acceptors (Lipinski definition) is 4. The number of amides is 1. The summed E-state index contributed by atoms with van der Waals surface area (Å²) in [7, 11) is 0. The van der Waals surface area contributed by atoms with Gasteiger partial charge >= 0.3 is 0 Å². The molecule has 2 heterocycles. The highest BCUT2D eigenvalue weighted by molar-refractivity contribution is 5.95. The first-order valence-corrected chi connectivity index (χ1v) is 10.2. The molecule has 5 nitrogen and oxygen atoms in total. The zero-order chi connectivity index (χ0) is 19.3. The summed E-state index contributed by atoms with van der Waals surface area (Å²) in [5, 5.41) is 0. The monoisotopic (exact) mass is 377 g/mol. The van der Waals surface area contributed by atoms with Gasteiger partial charge in [-0.2, -0.15) is 4.98 Å². The summed E-state index contributed by atoms with van der Waals surface area (Å²) < 4.78 is 5.89. The van der Waals surface area contributed by atoms with Gasteiger partial charge in [-0.15, -0.1) is 0 Å². The van der Waals surface area contributed by atoms with Crippen LogP contribution in [0.3, 0.4) is 0 Å². The quantitative estimate of drug-likeness (QED) is 0.614. The van der Waals surface area contributed by atoms with Gasteiger partial charge in [-0.3, -0.25) is 4.79 Å². The van der Waals surface area contributed by atoms with Gasteiger partial charge in [0.25, 0.3) is 6.01 Å². The number of benzene rings is 2. The number of carbonyl (C=O) groups excluding carboxylic acids is 1. The maximum absolute atomic E-state index is 13.3. The number of unbranched alkanes of at least 4 members (excludes halogenated alkanes) is 1. The molecule has 0 radical (unpaired) electrons. The predicted octanol–water partition coefficient (Wildman–Crippen LogP) is 4.88. The number of para-hydroxylation sites is 3. The van der Waals surface area contributed by atoms with Crippen LogP contribution in [0, 0.1) is 5.92 Å². The van der Waals surface area contributed by atoms with Gasteiger partial charge in [0.2, 0.25) is 5.91 Å². The summed E-state index contributed by atoms with van der Waals surface area (Å²) >= 11 is 0. The molecule has 3 aromatic rings. The molecule has 1 fully saturated rings. The number of nitrogens with zero attached hydrogens (tertiary/aromatic N) is 3. The minimum absolute atomic E-state index is 0.0534. The van der Waals surface area contributed by atoms with Crippen molar-refractivity contribution in [3.05, 3.63) is 54.6 Å². The lowest BCUT2D eigenvalue weighted by Crippen LogP contribution is -2.43. The Morgan fingerprint density at radius 1 is 1.11 bits per heavy atom. The zero-order valence-corrected chi connectivity index (χ0v) is 16.4. The molecule has 1 aliphatic rings. The number of fused-ring (bicyclic) bond motifs is 1. The summed E-state index contributed by atoms with van der Waals surface area (Å²) in [4.78, 5) is 22.0. The Kier molecular flexibility index (Phi) is 5.60. The van der Waals surface area contributed by atoms with Gasteiger partial charge in [0.05, 0.1) is 0 Å². The number of aromatic nitrogens is 1. The minimum atomic E-state index is 0.0534. The first-order valence-electron chi connectivity index (χ1n) is 10.2. The standard InChI is InChI=1S/C23H27N3O2/c1-2-3-15-26(19-9-5-4-6-10-19)22(27)18-13-16-25(17-14-18)23-24-20-11-7-8-12-21(20)28-23/h4-12,18H,2-3,13-17H2,1H3. The van der Waals surface area contributed by atoms with E-state index in [1.54, 1.807) is 0 Å². The average molecular weight is 377 g/mol. The fourth-order valence-electron chi connectivity index (χ4n) is 3.82. The normalized spacial score (nSPS) is 15.1. The fraction of sp³-hybridized carbons (Fsp3) is 0.391. The van der Waals surface area contributed by atoms with E-state index in [4.69, 9.17) is 4.42 Å². The largest absolute Gasteiger partial charge is 0.423 e. The molecular weight excluding hydrogens is 350 g/mol. The van der Waals surface area contributed by atoms with E-state index in [-0.39, 0.29) is 11.8 Å². The van der Waals surface area contributed by atoms with Crippen molar-refractivity contribution in [2.24, 2.45) is 5.92 Å². The second kappa shape index (κ2) is 8.46. The second-order valence-electron chi connectivity index (χ2n) is 7.40. The van der Waals surface area contributed by atoms with Gasteiger partial charge in [-0.25, -0.2) is 0 Å². The molecule has 1 aromatic heterocycles. The van der Waals surface area contributed by atoms with Gasteiger partial charge in [0, 0.05) is 31.2 Å². The molecule has 0 saturated carbocycles. The number of hydrogen-bond donors (Lipinski definition) is 0. The summed E-state index contributed by atoms with van der Waals surface area (Å²) in [6.07, 6.45) is 3.75. The maximum Gasteiger partial charge on any atom is 0.298 e. The Balaban J connectivity index is 1.43. The van der Waals surface area contributed by atoms with E-state index in [0.717, 1.165) is 62.1 Å². The molecule has 0 N–H and O–H groups in total. The smallest absolute Gasteiger partial charge is 0.298 e. The summed E-state index contributed by atoms with van der Waals surface area (Å²) in [6, 6.07) is 18.5. The zero-order valence-electron chi connectivity index (χ0n) is 16.4.